The SMILES string of the molecule is CCN(C(=O)C(C)Oc1ccc(SC)cc1)C1CCS(=O)(=O)C1. The van der Waals surface area contributed by atoms with Crippen molar-refractivity contribution in [2.24, 2.45) is 0 Å². The van der Waals surface area contributed by atoms with E-state index in [1.54, 1.807) is 23.6 Å². The molecule has 0 aromatic heterocycles. The molecule has 1 saturated heterocycles. The molecule has 128 valence electrons. The summed E-state index contributed by atoms with van der Waals surface area (Å²) in [5.74, 6) is 0.691. The first-order chi connectivity index (χ1) is 10.9. The Morgan fingerprint density at radius 2 is 2.04 bits per heavy atom. The van der Waals surface area contributed by atoms with Crippen LogP contribution in [0.2, 0.25) is 0 Å². The van der Waals surface area contributed by atoms with Crippen LogP contribution in [0.4, 0.5) is 0 Å². The zero-order valence-electron chi connectivity index (χ0n) is 13.7. The van der Waals surface area contributed by atoms with Gasteiger partial charge in [0.2, 0.25) is 0 Å². The highest BCUT2D eigenvalue weighted by atomic mass is 32.2. The Kier molecular flexibility index (Phi) is 5.97. The van der Waals surface area contributed by atoms with Gasteiger partial charge in [-0.2, -0.15) is 0 Å². The van der Waals surface area contributed by atoms with Gasteiger partial charge in [0.05, 0.1) is 11.5 Å². The summed E-state index contributed by atoms with van der Waals surface area (Å²) in [6, 6.07) is 7.33. The predicted molar refractivity (Wildman–Crippen MR) is 92.8 cm³/mol. The van der Waals surface area contributed by atoms with Crippen LogP contribution < -0.4 is 4.74 Å². The summed E-state index contributed by atoms with van der Waals surface area (Å²) in [5.41, 5.74) is 0. The highest BCUT2D eigenvalue weighted by molar-refractivity contribution is 7.98. The molecule has 1 heterocycles. The number of ether oxygens (including phenoxy) is 1. The summed E-state index contributed by atoms with van der Waals surface area (Å²) in [7, 11) is -3.01. The first-order valence-electron chi connectivity index (χ1n) is 7.68. The number of thioether (sulfide) groups is 1. The Balaban J connectivity index is 2.01. The third-order valence-electron chi connectivity index (χ3n) is 3.99. The third kappa shape index (κ3) is 4.64. The van der Waals surface area contributed by atoms with Gasteiger partial charge in [-0.25, -0.2) is 8.42 Å². The molecule has 7 heteroatoms. The number of sulfone groups is 1. The molecule has 0 radical (unpaired) electrons. The van der Waals surface area contributed by atoms with Crippen LogP contribution in [-0.2, 0) is 14.6 Å². The maximum Gasteiger partial charge on any atom is 0.263 e. The number of rotatable bonds is 6. The summed E-state index contributed by atoms with van der Waals surface area (Å²) >= 11 is 1.64. The van der Waals surface area contributed by atoms with E-state index >= 15 is 0 Å². The number of likely N-dealkylation sites (N-methyl/N-ethyl adjacent to an activating group) is 1. The second-order valence-corrected chi connectivity index (χ2v) is 8.73. The minimum Gasteiger partial charge on any atom is -0.481 e. The van der Waals surface area contributed by atoms with Gasteiger partial charge >= 0.3 is 0 Å². The molecular weight excluding hydrogens is 334 g/mol. The second kappa shape index (κ2) is 7.57. The molecule has 0 bridgehead atoms. The molecule has 2 rings (SSSR count). The fourth-order valence-corrected chi connectivity index (χ4v) is 4.90. The molecule has 0 spiro atoms. The Morgan fingerprint density at radius 1 is 1.39 bits per heavy atom. The Hall–Kier alpha value is -1.21. The molecule has 1 amide bonds. The van der Waals surface area contributed by atoms with Gasteiger partial charge in [-0.05, 0) is 50.8 Å². The van der Waals surface area contributed by atoms with Gasteiger partial charge in [0.15, 0.2) is 15.9 Å². The Morgan fingerprint density at radius 3 is 2.52 bits per heavy atom. The predicted octanol–water partition coefficient (Wildman–Crippen LogP) is 2.21. The fourth-order valence-electron chi connectivity index (χ4n) is 2.76. The lowest BCUT2D eigenvalue weighted by Crippen LogP contribution is -2.46. The molecule has 0 N–H and O–H groups in total. The standard InChI is InChI=1S/C16H23NO4S2/c1-4-17(13-9-10-23(19,20)11-13)16(18)12(2)21-14-5-7-15(22-3)8-6-14/h5-8,12-13H,4,9-11H2,1-3H3. The summed E-state index contributed by atoms with van der Waals surface area (Å²) in [5, 5.41) is 0. The van der Waals surface area contributed by atoms with Crippen LogP contribution in [0.15, 0.2) is 29.2 Å². The molecule has 1 fully saturated rings. The molecular formula is C16H23NO4S2. The number of hydrogen-bond acceptors (Lipinski definition) is 5. The minimum atomic E-state index is -3.01. The van der Waals surface area contributed by atoms with Crippen molar-refractivity contribution in [3.8, 4) is 5.75 Å². The largest absolute Gasteiger partial charge is 0.481 e. The average molecular weight is 357 g/mol. The lowest BCUT2D eigenvalue weighted by Gasteiger charge is -2.29. The summed E-state index contributed by atoms with van der Waals surface area (Å²) in [6.45, 7) is 4.05. The van der Waals surface area contributed by atoms with E-state index in [9.17, 15) is 13.2 Å². The molecule has 2 unspecified atom stereocenters. The zero-order valence-corrected chi connectivity index (χ0v) is 15.3. The van der Waals surface area contributed by atoms with Crippen LogP contribution in [0.3, 0.4) is 0 Å². The Labute approximate surface area is 142 Å². The van der Waals surface area contributed by atoms with Crippen molar-refractivity contribution in [1.29, 1.82) is 0 Å². The highest BCUT2D eigenvalue weighted by Gasteiger charge is 2.35. The Bertz CT molecular complexity index is 643. The van der Waals surface area contributed by atoms with Crippen LogP contribution >= 0.6 is 11.8 Å². The quantitative estimate of drug-likeness (QED) is 0.731. The molecule has 1 aromatic rings. The van der Waals surface area contributed by atoms with E-state index < -0.39 is 15.9 Å². The number of hydrogen-bond donors (Lipinski definition) is 0. The number of benzene rings is 1. The summed E-state index contributed by atoms with van der Waals surface area (Å²) < 4.78 is 29.0. The molecule has 1 aromatic carbocycles. The van der Waals surface area contributed by atoms with Crippen molar-refractivity contribution in [2.75, 3.05) is 24.3 Å². The molecule has 1 aliphatic heterocycles. The smallest absolute Gasteiger partial charge is 0.263 e. The van der Waals surface area contributed by atoms with Crippen molar-refractivity contribution in [1.82, 2.24) is 4.90 Å². The van der Waals surface area contributed by atoms with Crippen LogP contribution in [0.25, 0.3) is 0 Å². The van der Waals surface area contributed by atoms with Crippen LogP contribution in [0.1, 0.15) is 20.3 Å². The fraction of sp³-hybridized carbons (Fsp3) is 0.562. The van der Waals surface area contributed by atoms with Gasteiger partial charge in [0, 0.05) is 17.5 Å². The first-order valence-corrected chi connectivity index (χ1v) is 10.7. The van der Waals surface area contributed by atoms with Gasteiger partial charge in [-0.1, -0.05) is 0 Å². The van der Waals surface area contributed by atoms with E-state index in [0.29, 0.717) is 18.7 Å². The van der Waals surface area contributed by atoms with Gasteiger partial charge in [0.1, 0.15) is 5.75 Å². The van der Waals surface area contributed by atoms with Crippen molar-refractivity contribution in [3.05, 3.63) is 24.3 Å². The monoisotopic (exact) mass is 357 g/mol. The van der Waals surface area contributed by atoms with E-state index in [1.807, 2.05) is 37.4 Å². The van der Waals surface area contributed by atoms with E-state index in [-0.39, 0.29) is 23.5 Å². The maximum absolute atomic E-state index is 12.6. The van der Waals surface area contributed by atoms with Gasteiger partial charge in [-0.3, -0.25) is 4.79 Å². The number of carbonyl (C=O) groups is 1. The van der Waals surface area contributed by atoms with Crippen LogP contribution in [0, 0.1) is 0 Å². The zero-order chi connectivity index (χ0) is 17.0. The molecule has 0 saturated carbocycles. The number of amides is 1. The van der Waals surface area contributed by atoms with Crippen LogP contribution in [0.5, 0.6) is 5.75 Å². The molecule has 1 aliphatic rings. The normalized spacial score (nSPS) is 20.9. The minimum absolute atomic E-state index is 0.0573. The molecule has 23 heavy (non-hydrogen) atoms. The van der Waals surface area contributed by atoms with Crippen LogP contribution in [-0.4, -0.2) is 55.7 Å². The van der Waals surface area contributed by atoms with Gasteiger partial charge in [0.25, 0.3) is 5.91 Å². The van der Waals surface area contributed by atoms with E-state index in [0.717, 1.165) is 4.90 Å². The van der Waals surface area contributed by atoms with Gasteiger partial charge < -0.3 is 9.64 Å². The molecule has 0 aliphatic carbocycles. The number of carbonyl (C=O) groups excluding carboxylic acids is 1. The van der Waals surface area contributed by atoms with E-state index in [2.05, 4.69) is 0 Å². The van der Waals surface area contributed by atoms with Crippen molar-refractivity contribution < 1.29 is 17.9 Å². The molecule has 5 nitrogen and oxygen atoms in total. The van der Waals surface area contributed by atoms with E-state index in [4.69, 9.17) is 4.74 Å². The first kappa shape index (κ1) is 18.1. The van der Waals surface area contributed by atoms with E-state index in [1.165, 1.54) is 0 Å². The lowest BCUT2D eigenvalue weighted by atomic mass is 10.2. The van der Waals surface area contributed by atoms with Gasteiger partial charge in [-0.15, -0.1) is 11.8 Å². The summed E-state index contributed by atoms with van der Waals surface area (Å²) in [6.07, 6.45) is 1.87. The van der Waals surface area contributed by atoms with Crippen molar-refractivity contribution in [2.45, 2.75) is 37.3 Å². The summed E-state index contributed by atoms with van der Waals surface area (Å²) in [4.78, 5) is 15.4. The topological polar surface area (TPSA) is 63.7 Å². The highest BCUT2D eigenvalue weighted by Crippen LogP contribution is 2.22. The van der Waals surface area contributed by atoms with Crippen molar-refractivity contribution >= 4 is 27.5 Å². The molecule has 2 atom stereocenters. The second-order valence-electron chi connectivity index (χ2n) is 5.62. The third-order valence-corrected chi connectivity index (χ3v) is 6.49. The van der Waals surface area contributed by atoms with Crippen molar-refractivity contribution in [3.63, 3.8) is 0 Å². The maximum atomic E-state index is 12.6. The lowest BCUT2D eigenvalue weighted by molar-refractivity contribution is -0.139. The number of nitrogens with zero attached hydrogens (tertiary/aromatic N) is 1. The average Bonchev–Trinajstić information content (AvgIpc) is 2.88.